The summed E-state index contributed by atoms with van der Waals surface area (Å²) >= 11 is 0. The topological polar surface area (TPSA) is 58.1 Å². The van der Waals surface area contributed by atoms with Gasteiger partial charge >= 0.3 is 0 Å². The predicted molar refractivity (Wildman–Crippen MR) is 107 cm³/mol. The Morgan fingerprint density at radius 1 is 1.04 bits per heavy atom. The second-order valence-corrected chi connectivity index (χ2v) is 6.93. The monoisotopic (exact) mass is 376 g/mol. The Hall–Kier alpha value is -3.28. The minimum atomic E-state index is -0.364. The maximum Gasteiger partial charge on any atom is 0.229 e. The largest absolute Gasteiger partial charge is 0.354 e. The molecule has 1 fully saturated rings. The van der Waals surface area contributed by atoms with Crippen molar-refractivity contribution in [1.29, 1.82) is 0 Å². The molecule has 1 N–H and O–H groups in total. The Morgan fingerprint density at radius 3 is 2.64 bits per heavy atom. The van der Waals surface area contributed by atoms with Gasteiger partial charge in [-0.15, -0.1) is 10.2 Å². The zero-order valence-corrected chi connectivity index (χ0v) is 15.4. The van der Waals surface area contributed by atoms with Gasteiger partial charge in [0.15, 0.2) is 5.82 Å². The lowest BCUT2D eigenvalue weighted by atomic mass is 9.97. The molecule has 1 atom stereocenters. The molecule has 0 aliphatic carbocycles. The number of piperidine rings is 1. The van der Waals surface area contributed by atoms with Crippen LogP contribution in [0.15, 0.2) is 66.7 Å². The third-order valence-electron chi connectivity index (χ3n) is 4.93. The number of anilines is 2. The smallest absolute Gasteiger partial charge is 0.229 e. The third kappa shape index (κ3) is 4.17. The van der Waals surface area contributed by atoms with Gasteiger partial charge in [0, 0.05) is 24.3 Å². The van der Waals surface area contributed by atoms with E-state index in [-0.39, 0.29) is 17.6 Å². The molecule has 2 aromatic carbocycles. The molecular formula is C22H21FN4O. The van der Waals surface area contributed by atoms with E-state index in [0.29, 0.717) is 12.2 Å². The van der Waals surface area contributed by atoms with Crippen molar-refractivity contribution in [2.45, 2.75) is 12.8 Å². The highest BCUT2D eigenvalue weighted by atomic mass is 19.1. The summed E-state index contributed by atoms with van der Waals surface area (Å²) in [5.41, 5.74) is 2.32. The van der Waals surface area contributed by atoms with E-state index in [1.807, 2.05) is 42.5 Å². The molecule has 1 aliphatic rings. The normalized spacial score (nSPS) is 16.6. The van der Waals surface area contributed by atoms with Crippen LogP contribution >= 0.6 is 0 Å². The van der Waals surface area contributed by atoms with E-state index in [2.05, 4.69) is 20.4 Å². The molecule has 3 aromatic rings. The number of rotatable bonds is 4. The minimum Gasteiger partial charge on any atom is -0.354 e. The zero-order chi connectivity index (χ0) is 19.3. The van der Waals surface area contributed by atoms with Gasteiger partial charge in [-0.05, 0) is 43.2 Å². The van der Waals surface area contributed by atoms with Crippen LogP contribution in [0.1, 0.15) is 12.8 Å². The van der Waals surface area contributed by atoms with Crippen LogP contribution in [0.3, 0.4) is 0 Å². The second-order valence-electron chi connectivity index (χ2n) is 6.93. The number of benzene rings is 2. The number of nitrogens with zero attached hydrogens (tertiary/aromatic N) is 3. The van der Waals surface area contributed by atoms with Gasteiger partial charge in [-0.3, -0.25) is 4.79 Å². The summed E-state index contributed by atoms with van der Waals surface area (Å²) in [6.45, 7) is 1.41. The first-order valence-electron chi connectivity index (χ1n) is 9.39. The average Bonchev–Trinajstić information content (AvgIpc) is 2.75. The molecule has 0 spiro atoms. The first kappa shape index (κ1) is 18.1. The summed E-state index contributed by atoms with van der Waals surface area (Å²) < 4.78 is 13.3. The lowest BCUT2D eigenvalue weighted by Gasteiger charge is -2.32. The van der Waals surface area contributed by atoms with E-state index >= 15 is 0 Å². The van der Waals surface area contributed by atoms with E-state index in [9.17, 15) is 9.18 Å². The number of nitrogens with one attached hydrogen (secondary N) is 1. The molecule has 1 unspecified atom stereocenters. The molecule has 0 saturated carbocycles. The van der Waals surface area contributed by atoms with Crippen molar-refractivity contribution in [3.63, 3.8) is 0 Å². The Bertz CT molecular complexity index is 946. The first-order valence-corrected chi connectivity index (χ1v) is 9.39. The summed E-state index contributed by atoms with van der Waals surface area (Å²) in [5, 5.41) is 11.5. The molecule has 4 rings (SSSR count). The molecule has 1 amide bonds. The lowest BCUT2D eigenvalue weighted by molar-refractivity contribution is -0.120. The molecule has 1 aromatic heterocycles. The van der Waals surface area contributed by atoms with Crippen LogP contribution < -0.4 is 10.2 Å². The minimum absolute atomic E-state index is 0.0934. The van der Waals surface area contributed by atoms with Crippen LogP contribution in [0, 0.1) is 11.7 Å². The Morgan fingerprint density at radius 2 is 1.89 bits per heavy atom. The Balaban J connectivity index is 1.42. The number of carbonyl (C=O) groups is 1. The highest BCUT2D eigenvalue weighted by molar-refractivity contribution is 5.93. The predicted octanol–water partition coefficient (Wildman–Crippen LogP) is 4.14. The van der Waals surface area contributed by atoms with Gasteiger partial charge in [-0.1, -0.05) is 36.4 Å². The first-order chi connectivity index (χ1) is 13.7. The highest BCUT2D eigenvalue weighted by Crippen LogP contribution is 2.24. The van der Waals surface area contributed by atoms with Crippen molar-refractivity contribution in [3.8, 4) is 11.3 Å². The van der Waals surface area contributed by atoms with E-state index in [4.69, 9.17) is 0 Å². The van der Waals surface area contributed by atoms with Gasteiger partial charge < -0.3 is 10.2 Å². The number of hydrogen-bond acceptors (Lipinski definition) is 4. The fourth-order valence-electron chi connectivity index (χ4n) is 3.47. The van der Waals surface area contributed by atoms with Gasteiger partial charge in [-0.2, -0.15) is 0 Å². The van der Waals surface area contributed by atoms with Crippen molar-refractivity contribution in [2.24, 2.45) is 5.92 Å². The van der Waals surface area contributed by atoms with Crippen molar-refractivity contribution in [2.75, 3.05) is 23.3 Å². The van der Waals surface area contributed by atoms with Crippen LogP contribution in [0.2, 0.25) is 0 Å². The van der Waals surface area contributed by atoms with Gasteiger partial charge in [-0.25, -0.2) is 4.39 Å². The lowest BCUT2D eigenvalue weighted by Crippen LogP contribution is -2.41. The van der Waals surface area contributed by atoms with E-state index in [1.165, 1.54) is 12.1 Å². The van der Waals surface area contributed by atoms with Crippen LogP contribution in [0.4, 0.5) is 15.9 Å². The number of hydrogen-bond donors (Lipinski definition) is 1. The molecule has 0 bridgehead atoms. The number of halogens is 1. The maximum atomic E-state index is 13.3. The number of aromatic nitrogens is 2. The van der Waals surface area contributed by atoms with Crippen LogP contribution in [0.25, 0.3) is 11.3 Å². The molecule has 5 nitrogen and oxygen atoms in total. The van der Waals surface area contributed by atoms with Gasteiger partial charge in [0.05, 0.1) is 11.6 Å². The van der Waals surface area contributed by atoms with Crippen molar-refractivity contribution in [3.05, 3.63) is 72.5 Å². The third-order valence-corrected chi connectivity index (χ3v) is 4.93. The molecular weight excluding hydrogens is 355 g/mol. The number of carbonyl (C=O) groups excluding carboxylic acids is 1. The van der Waals surface area contributed by atoms with Crippen LogP contribution in [-0.2, 0) is 4.79 Å². The van der Waals surface area contributed by atoms with Crippen molar-refractivity contribution in [1.82, 2.24) is 10.2 Å². The van der Waals surface area contributed by atoms with Crippen LogP contribution in [0.5, 0.6) is 0 Å². The van der Waals surface area contributed by atoms with E-state index in [0.717, 1.165) is 36.5 Å². The fourth-order valence-corrected chi connectivity index (χ4v) is 3.47. The summed E-state index contributed by atoms with van der Waals surface area (Å²) in [7, 11) is 0. The summed E-state index contributed by atoms with van der Waals surface area (Å²) in [5.74, 6) is 0.136. The summed E-state index contributed by atoms with van der Waals surface area (Å²) in [4.78, 5) is 14.7. The van der Waals surface area contributed by atoms with Gasteiger partial charge in [0.1, 0.15) is 5.82 Å². The molecule has 1 aliphatic heterocycles. The molecule has 1 saturated heterocycles. The van der Waals surface area contributed by atoms with Crippen molar-refractivity contribution >= 4 is 17.4 Å². The van der Waals surface area contributed by atoms with Crippen molar-refractivity contribution < 1.29 is 9.18 Å². The maximum absolute atomic E-state index is 13.3. The van der Waals surface area contributed by atoms with Gasteiger partial charge in [0.2, 0.25) is 5.91 Å². The zero-order valence-electron chi connectivity index (χ0n) is 15.4. The Kier molecular flexibility index (Phi) is 5.28. The van der Waals surface area contributed by atoms with E-state index < -0.39 is 0 Å². The molecule has 2 heterocycles. The number of amides is 1. The second kappa shape index (κ2) is 8.17. The van der Waals surface area contributed by atoms with Gasteiger partial charge in [0.25, 0.3) is 0 Å². The molecule has 6 heteroatoms. The molecule has 0 radical (unpaired) electrons. The Labute approximate surface area is 163 Å². The molecule has 142 valence electrons. The van der Waals surface area contributed by atoms with E-state index in [1.54, 1.807) is 12.1 Å². The standard InChI is InChI=1S/C22H21FN4O/c23-18-9-4-10-19(14-18)24-22(28)17-8-5-13-27(15-17)21-12-11-20(25-26-21)16-6-2-1-3-7-16/h1-4,6-7,9-12,14,17H,5,8,13,15H2,(H,24,28). The van der Waals surface area contributed by atoms with Crippen LogP contribution in [-0.4, -0.2) is 29.2 Å². The fraction of sp³-hybridized carbons (Fsp3) is 0.227. The highest BCUT2D eigenvalue weighted by Gasteiger charge is 2.27. The molecule has 28 heavy (non-hydrogen) atoms. The summed E-state index contributed by atoms with van der Waals surface area (Å²) in [6, 6.07) is 19.8. The SMILES string of the molecule is O=C(Nc1cccc(F)c1)C1CCCN(c2ccc(-c3ccccc3)nn2)C1. The quantitative estimate of drug-likeness (QED) is 0.744. The summed E-state index contributed by atoms with van der Waals surface area (Å²) in [6.07, 6.45) is 1.69. The average molecular weight is 376 g/mol.